The van der Waals surface area contributed by atoms with Crippen LogP contribution in [0.15, 0.2) is 0 Å². The lowest BCUT2D eigenvalue weighted by molar-refractivity contribution is 0.0379. The summed E-state index contributed by atoms with van der Waals surface area (Å²) in [5.41, 5.74) is 3.03. The molecule has 2 unspecified atom stereocenters. The molecule has 0 bridgehead atoms. The minimum atomic E-state index is -1.49. The van der Waals surface area contributed by atoms with Crippen LogP contribution in [0.2, 0.25) is 0 Å². The molecule has 2 nitrogen and oxygen atoms in total. The Hall–Kier alpha value is -0.220. The number of halogens is 2. The highest BCUT2D eigenvalue weighted by molar-refractivity contribution is 4.83. The van der Waals surface area contributed by atoms with Gasteiger partial charge in [0.15, 0.2) is 6.30 Å². The average Bonchev–Trinajstić information content (AvgIpc) is 2.50. The van der Waals surface area contributed by atoms with Crippen LogP contribution in [0.3, 0.4) is 0 Å². The van der Waals surface area contributed by atoms with Crippen LogP contribution in [0.5, 0.6) is 0 Å². The van der Waals surface area contributed by atoms with Crippen molar-refractivity contribution < 1.29 is 8.78 Å². The first-order chi connectivity index (χ1) is 5.95. The number of hydrogen-bond acceptors (Lipinski definition) is 2. The normalized spacial score (nSPS) is 27.9. The van der Waals surface area contributed by atoms with Gasteiger partial charge in [0.25, 0.3) is 0 Å². The van der Waals surface area contributed by atoms with Gasteiger partial charge < -0.3 is 0 Å². The topological polar surface area (TPSA) is 15.3 Å². The molecule has 4 heteroatoms. The third-order valence-corrected chi connectivity index (χ3v) is 2.65. The molecule has 0 aliphatic carbocycles. The molecular weight excluding hydrogens is 174 g/mol. The molecule has 1 fully saturated rings. The maximum Gasteiger partial charge on any atom is 0.194 e. The van der Waals surface area contributed by atoms with Crippen LogP contribution in [0.4, 0.5) is 8.78 Å². The van der Waals surface area contributed by atoms with E-state index in [1.165, 1.54) is 5.01 Å². The van der Waals surface area contributed by atoms with E-state index in [0.29, 0.717) is 12.5 Å². The standard InChI is InChI=1S/C9H18F2N2/c1-9(2,3)7-5-12-13(6-7)8(11)4-10/h7-8,12H,4-6H2,1-3H3. The molecule has 1 rings (SSSR count). The fourth-order valence-corrected chi connectivity index (χ4v) is 1.47. The number of alkyl halides is 2. The second-order valence-electron chi connectivity index (χ2n) is 4.67. The van der Waals surface area contributed by atoms with Gasteiger partial charge >= 0.3 is 0 Å². The van der Waals surface area contributed by atoms with E-state index >= 15 is 0 Å². The predicted octanol–water partition coefficient (Wildman–Crippen LogP) is 1.73. The predicted molar refractivity (Wildman–Crippen MR) is 48.5 cm³/mol. The van der Waals surface area contributed by atoms with Crippen molar-refractivity contribution in [2.75, 3.05) is 19.8 Å². The molecule has 1 heterocycles. The number of nitrogens with zero attached hydrogens (tertiary/aromatic N) is 1. The van der Waals surface area contributed by atoms with E-state index in [0.717, 1.165) is 6.54 Å². The zero-order valence-corrected chi connectivity index (χ0v) is 8.48. The number of hydrogen-bond donors (Lipinski definition) is 1. The molecule has 0 amide bonds. The van der Waals surface area contributed by atoms with Gasteiger partial charge in [-0.25, -0.2) is 13.8 Å². The van der Waals surface area contributed by atoms with Gasteiger partial charge in [-0.1, -0.05) is 20.8 Å². The maximum atomic E-state index is 12.9. The fraction of sp³-hybridized carbons (Fsp3) is 1.00. The van der Waals surface area contributed by atoms with Crippen LogP contribution >= 0.6 is 0 Å². The van der Waals surface area contributed by atoms with Crippen LogP contribution in [-0.2, 0) is 0 Å². The minimum absolute atomic E-state index is 0.151. The summed E-state index contributed by atoms with van der Waals surface area (Å²) >= 11 is 0. The molecule has 1 saturated heterocycles. The molecule has 1 N–H and O–H groups in total. The summed E-state index contributed by atoms with van der Waals surface area (Å²) in [5, 5.41) is 1.36. The monoisotopic (exact) mass is 192 g/mol. The van der Waals surface area contributed by atoms with Crippen molar-refractivity contribution in [1.82, 2.24) is 10.4 Å². The molecule has 0 spiro atoms. The van der Waals surface area contributed by atoms with Gasteiger partial charge in [-0.2, -0.15) is 0 Å². The minimum Gasteiger partial charge on any atom is -0.252 e. The van der Waals surface area contributed by atoms with Gasteiger partial charge in [0, 0.05) is 13.1 Å². The Labute approximate surface area is 78.3 Å². The molecular formula is C9H18F2N2. The molecule has 13 heavy (non-hydrogen) atoms. The van der Waals surface area contributed by atoms with E-state index in [-0.39, 0.29) is 5.41 Å². The Morgan fingerprint density at radius 1 is 1.54 bits per heavy atom. The van der Waals surface area contributed by atoms with E-state index in [1.807, 2.05) is 0 Å². The molecule has 0 saturated carbocycles. The lowest BCUT2D eigenvalue weighted by Gasteiger charge is -2.26. The van der Waals surface area contributed by atoms with Gasteiger partial charge in [-0.05, 0) is 11.3 Å². The Morgan fingerprint density at radius 3 is 2.54 bits per heavy atom. The lowest BCUT2D eigenvalue weighted by atomic mass is 9.81. The molecule has 0 aromatic rings. The zero-order chi connectivity index (χ0) is 10.1. The van der Waals surface area contributed by atoms with Gasteiger partial charge in [0.05, 0.1) is 0 Å². The summed E-state index contributed by atoms with van der Waals surface area (Å²) in [6.45, 7) is 6.74. The van der Waals surface area contributed by atoms with Crippen LogP contribution < -0.4 is 5.43 Å². The SMILES string of the molecule is CC(C)(C)C1CNN(C(F)CF)C1. The van der Waals surface area contributed by atoms with Gasteiger partial charge in [-0.3, -0.25) is 5.43 Å². The molecule has 0 aromatic heterocycles. The van der Waals surface area contributed by atoms with Crippen molar-refractivity contribution in [3.63, 3.8) is 0 Å². The van der Waals surface area contributed by atoms with E-state index in [4.69, 9.17) is 0 Å². The summed E-state index contributed by atoms with van der Waals surface area (Å²) in [6.07, 6.45) is -1.49. The first-order valence-electron chi connectivity index (χ1n) is 4.65. The van der Waals surface area contributed by atoms with Crippen molar-refractivity contribution in [2.45, 2.75) is 27.1 Å². The number of rotatable bonds is 2. The zero-order valence-electron chi connectivity index (χ0n) is 8.48. The fourth-order valence-electron chi connectivity index (χ4n) is 1.47. The molecule has 0 radical (unpaired) electrons. The second kappa shape index (κ2) is 3.88. The van der Waals surface area contributed by atoms with Crippen molar-refractivity contribution in [2.24, 2.45) is 11.3 Å². The molecule has 78 valence electrons. The summed E-state index contributed by atoms with van der Waals surface area (Å²) in [4.78, 5) is 0. The molecule has 1 aliphatic heterocycles. The lowest BCUT2D eigenvalue weighted by Crippen LogP contribution is -2.39. The average molecular weight is 192 g/mol. The van der Waals surface area contributed by atoms with Crippen LogP contribution in [-0.4, -0.2) is 31.1 Å². The van der Waals surface area contributed by atoms with Crippen molar-refractivity contribution in [3.8, 4) is 0 Å². The quantitative estimate of drug-likeness (QED) is 0.670. The highest BCUT2D eigenvalue weighted by atomic mass is 19.2. The van der Waals surface area contributed by atoms with E-state index < -0.39 is 13.0 Å². The first kappa shape index (κ1) is 10.9. The van der Waals surface area contributed by atoms with Crippen LogP contribution in [0.1, 0.15) is 20.8 Å². The van der Waals surface area contributed by atoms with Crippen LogP contribution in [0.25, 0.3) is 0 Å². The highest BCUT2D eigenvalue weighted by Gasteiger charge is 2.34. The Bertz CT molecular complexity index is 167. The highest BCUT2D eigenvalue weighted by Crippen LogP contribution is 2.29. The molecule has 0 aromatic carbocycles. The summed E-state index contributed by atoms with van der Waals surface area (Å²) < 4.78 is 24.9. The van der Waals surface area contributed by atoms with Gasteiger partial charge in [-0.15, -0.1) is 0 Å². The van der Waals surface area contributed by atoms with Gasteiger partial charge in [0.1, 0.15) is 6.67 Å². The van der Waals surface area contributed by atoms with E-state index in [9.17, 15) is 8.78 Å². The Kier molecular flexibility index (Phi) is 3.24. The third kappa shape index (κ3) is 2.61. The summed E-state index contributed by atoms with van der Waals surface area (Å²) in [5.74, 6) is 0.386. The number of nitrogens with one attached hydrogen (secondary N) is 1. The second-order valence-corrected chi connectivity index (χ2v) is 4.67. The summed E-state index contributed by atoms with van der Waals surface area (Å²) in [7, 11) is 0. The smallest absolute Gasteiger partial charge is 0.194 e. The van der Waals surface area contributed by atoms with Crippen molar-refractivity contribution in [3.05, 3.63) is 0 Å². The Morgan fingerprint density at radius 2 is 2.15 bits per heavy atom. The van der Waals surface area contributed by atoms with E-state index in [2.05, 4.69) is 26.2 Å². The van der Waals surface area contributed by atoms with E-state index in [1.54, 1.807) is 0 Å². The largest absolute Gasteiger partial charge is 0.252 e. The van der Waals surface area contributed by atoms with Crippen molar-refractivity contribution >= 4 is 0 Å². The van der Waals surface area contributed by atoms with Crippen molar-refractivity contribution in [1.29, 1.82) is 0 Å². The van der Waals surface area contributed by atoms with Gasteiger partial charge in [0.2, 0.25) is 0 Å². The first-order valence-corrected chi connectivity index (χ1v) is 4.65. The maximum absolute atomic E-state index is 12.9. The third-order valence-electron chi connectivity index (χ3n) is 2.65. The summed E-state index contributed by atoms with van der Waals surface area (Å²) in [6, 6.07) is 0. The number of hydrazine groups is 1. The van der Waals surface area contributed by atoms with Crippen LogP contribution in [0, 0.1) is 11.3 Å². The Balaban J connectivity index is 2.45. The molecule has 2 atom stereocenters. The molecule has 1 aliphatic rings.